The summed E-state index contributed by atoms with van der Waals surface area (Å²) in [5.74, 6) is 0.682. The van der Waals surface area contributed by atoms with E-state index in [9.17, 15) is 4.79 Å². The standard InChI is InChI=1S/C16H20N4O2/c1-11-10-22-12(2)9-20(11)16-18-14(8-15(21)19(16)3)13-4-6-17-7-5-13/h4-8,11-12H,9-10H2,1-3H3/t11-,12+/m1/s1. The van der Waals surface area contributed by atoms with Crippen LogP contribution in [0.25, 0.3) is 11.3 Å². The Bertz CT molecular complexity index is 714. The summed E-state index contributed by atoms with van der Waals surface area (Å²) in [5.41, 5.74) is 1.50. The molecular formula is C16H20N4O2. The zero-order chi connectivity index (χ0) is 15.7. The van der Waals surface area contributed by atoms with Gasteiger partial charge in [-0.2, -0.15) is 0 Å². The van der Waals surface area contributed by atoms with Gasteiger partial charge in [0.1, 0.15) is 0 Å². The zero-order valence-electron chi connectivity index (χ0n) is 13.1. The highest BCUT2D eigenvalue weighted by molar-refractivity contribution is 5.59. The van der Waals surface area contributed by atoms with Crippen LogP contribution in [-0.4, -0.2) is 39.8 Å². The summed E-state index contributed by atoms with van der Waals surface area (Å²) in [6.07, 6.45) is 3.53. The Hall–Kier alpha value is -2.21. The third-order valence-corrected chi connectivity index (χ3v) is 3.95. The summed E-state index contributed by atoms with van der Waals surface area (Å²) in [5, 5.41) is 0. The highest BCUT2D eigenvalue weighted by Crippen LogP contribution is 2.22. The molecule has 1 aliphatic heterocycles. The van der Waals surface area contributed by atoms with Crippen LogP contribution in [0, 0.1) is 0 Å². The van der Waals surface area contributed by atoms with Crippen LogP contribution in [0.4, 0.5) is 5.95 Å². The molecular weight excluding hydrogens is 280 g/mol. The molecule has 2 atom stereocenters. The Balaban J connectivity index is 2.07. The van der Waals surface area contributed by atoms with Crippen LogP contribution < -0.4 is 10.5 Å². The molecule has 0 amide bonds. The van der Waals surface area contributed by atoms with Gasteiger partial charge in [-0.3, -0.25) is 14.3 Å². The Kier molecular flexibility index (Phi) is 3.94. The fourth-order valence-electron chi connectivity index (χ4n) is 2.64. The van der Waals surface area contributed by atoms with Gasteiger partial charge in [0.05, 0.1) is 24.4 Å². The smallest absolute Gasteiger partial charge is 0.255 e. The van der Waals surface area contributed by atoms with Gasteiger partial charge in [-0.05, 0) is 26.0 Å². The van der Waals surface area contributed by atoms with E-state index in [2.05, 4.69) is 16.8 Å². The number of hydrogen-bond donors (Lipinski definition) is 0. The Morgan fingerprint density at radius 2 is 2.00 bits per heavy atom. The van der Waals surface area contributed by atoms with Gasteiger partial charge in [-0.15, -0.1) is 0 Å². The molecule has 1 saturated heterocycles. The van der Waals surface area contributed by atoms with E-state index in [0.717, 1.165) is 12.1 Å². The number of nitrogens with zero attached hydrogens (tertiary/aromatic N) is 4. The molecule has 3 heterocycles. The van der Waals surface area contributed by atoms with Crippen molar-refractivity contribution in [3.63, 3.8) is 0 Å². The Morgan fingerprint density at radius 1 is 1.27 bits per heavy atom. The Morgan fingerprint density at radius 3 is 2.73 bits per heavy atom. The van der Waals surface area contributed by atoms with Crippen molar-refractivity contribution in [1.29, 1.82) is 0 Å². The highest BCUT2D eigenvalue weighted by Gasteiger charge is 2.26. The maximum atomic E-state index is 12.3. The molecule has 0 bridgehead atoms. The summed E-state index contributed by atoms with van der Waals surface area (Å²) in [4.78, 5) is 23.2. The van der Waals surface area contributed by atoms with Crippen LogP contribution >= 0.6 is 0 Å². The van der Waals surface area contributed by atoms with Crippen LogP contribution in [0.5, 0.6) is 0 Å². The number of aromatic nitrogens is 3. The van der Waals surface area contributed by atoms with Gasteiger partial charge < -0.3 is 9.64 Å². The number of morpholine rings is 1. The van der Waals surface area contributed by atoms with E-state index in [0.29, 0.717) is 18.2 Å². The van der Waals surface area contributed by atoms with Gasteiger partial charge in [-0.1, -0.05) is 0 Å². The molecule has 116 valence electrons. The molecule has 0 aromatic carbocycles. The maximum Gasteiger partial charge on any atom is 0.255 e. The lowest BCUT2D eigenvalue weighted by Gasteiger charge is -2.38. The minimum atomic E-state index is -0.0665. The molecule has 0 saturated carbocycles. The van der Waals surface area contributed by atoms with Crippen LogP contribution in [0.2, 0.25) is 0 Å². The summed E-state index contributed by atoms with van der Waals surface area (Å²) in [7, 11) is 1.76. The lowest BCUT2D eigenvalue weighted by Crippen LogP contribution is -2.49. The molecule has 0 N–H and O–H groups in total. The van der Waals surface area contributed by atoms with Crippen molar-refractivity contribution in [2.24, 2.45) is 7.05 Å². The van der Waals surface area contributed by atoms with Crippen LogP contribution in [0.1, 0.15) is 13.8 Å². The van der Waals surface area contributed by atoms with Gasteiger partial charge in [0.2, 0.25) is 5.95 Å². The van der Waals surface area contributed by atoms with Gasteiger partial charge in [0, 0.05) is 37.6 Å². The van der Waals surface area contributed by atoms with E-state index in [1.807, 2.05) is 19.1 Å². The van der Waals surface area contributed by atoms with E-state index in [4.69, 9.17) is 9.72 Å². The van der Waals surface area contributed by atoms with Crippen molar-refractivity contribution in [1.82, 2.24) is 14.5 Å². The van der Waals surface area contributed by atoms with E-state index >= 15 is 0 Å². The monoisotopic (exact) mass is 300 g/mol. The van der Waals surface area contributed by atoms with Gasteiger partial charge in [0.15, 0.2) is 0 Å². The summed E-state index contributed by atoms with van der Waals surface area (Å²) in [6, 6.07) is 5.46. The number of anilines is 1. The van der Waals surface area contributed by atoms with Gasteiger partial charge in [0.25, 0.3) is 5.56 Å². The van der Waals surface area contributed by atoms with Gasteiger partial charge in [-0.25, -0.2) is 4.98 Å². The second-order valence-corrected chi connectivity index (χ2v) is 5.72. The first-order chi connectivity index (χ1) is 10.6. The van der Waals surface area contributed by atoms with Crippen LogP contribution in [0.15, 0.2) is 35.4 Å². The number of pyridine rings is 1. The number of hydrogen-bond acceptors (Lipinski definition) is 5. The molecule has 0 aliphatic carbocycles. The van der Waals surface area contributed by atoms with Crippen LogP contribution in [0.3, 0.4) is 0 Å². The molecule has 2 aromatic heterocycles. The van der Waals surface area contributed by atoms with Crippen molar-refractivity contribution in [2.45, 2.75) is 26.0 Å². The van der Waals surface area contributed by atoms with Crippen LogP contribution in [-0.2, 0) is 11.8 Å². The molecule has 1 fully saturated rings. The molecule has 0 unspecified atom stereocenters. The van der Waals surface area contributed by atoms with Crippen molar-refractivity contribution in [3.8, 4) is 11.3 Å². The van der Waals surface area contributed by atoms with E-state index in [1.54, 1.807) is 30.1 Å². The second kappa shape index (κ2) is 5.88. The van der Waals surface area contributed by atoms with Crippen molar-refractivity contribution in [3.05, 3.63) is 40.9 Å². The highest BCUT2D eigenvalue weighted by atomic mass is 16.5. The minimum Gasteiger partial charge on any atom is -0.375 e. The first-order valence-electron chi connectivity index (χ1n) is 7.43. The van der Waals surface area contributed by atoms with E-state index < -0.39 is 0 Å². The third-order valence-electron chi connectivity index (χ3n) is 3.95. The lowest BCUT2D eigenvalue weighted by atomic mass is 10.2. The summed E-state index contributed by atoms with van der Waals surface area (Å²) in [6.45, 7) is 5.47. The quantitative estimate of drug-likeness (QED) is 0.840. The zero-order valence-corrected chi connectivity index (χ0v) is 13.1. The third kappa shape index (κ3) is 2.74. The van der Waals surface area contributed by atoms with Crippen molar-refractivity contribution in [2.75, 3.05) is 18.1 Å². The van der Waals surface area contributed by atoms with Crippen molar-refractivity contribution < 1.29 is 4.74 Å². The molecule has 3 rings (SSSR count). The summed E-state index contributed by atoms with van der Waals surface area (Å²) >= 11 is 0. The molecule has 1 aliphatic rings. The van der Waals surface area contributed by atoms with E-state index in [-0.39, 0.29) is 17.7 Å². The normalized spacial score (nSPS) is 21.9. The molecule has 0 radical (unpaired) electrons. The maximum absolute atomic E-state index is 12.3. The number of ether oxygens (including phenoxy) is 1. The van der Waals surface area contributed by atoms with Gasteiger partial charge >= 0.3 is 0 Å². The SMILES string of the molecule is C[C@@H]1CO[C@@H](C)CN1c1nc(-c2ccncc2)cc(=O)n1C. The molecule has 22 heavy (non-hydrogen) atoms. The predicted octanol–water partition coefficient (Wildman–Crippen LogP) is 1.46. The minimum absolute atomic E-state index is 0.0665. The first kappa shape index (κ1) is 14.7. The van der Waals surface area contributed by atoms with E-state index in [1.165, 1.54) is 0 Å². The Labute approximate surface area is 129 Å². The largest absolute Gasteiger partial charge is 0.375 e. The molecule has 6 nitrogen and oxygen atoms in total. The molecule has 2 aromatic rings. The summed E-state index contributed by atoms with van der Waals surface area (Å²) < 4.78 is 7.26. The fourth-order valence-corrected chi connectivity index (χ4v) is 2.64. The average Bonchev–Trinajstić information content (AvgIpc) is 2.53. The first-order valence-corrected chi connectivity index (χ1v) is 7.43. The number of rotatable bonds is 2. The second-order valence-electron chi connectivity index (χ2n) is 5.72. The topological polar surface area (TPSA) is 60.2 Å². The molecule has 6 heteroatoms. The van der Waals surface area contributed by atoms with Crippen molar-refractivity contribution >= 4 is 5.95 Å². The fraction of sp³-hybridized carbons (Fsp3) is 0.438. The predicted molar refractivity (Wildman–Crippen MR) is 84.9 cm³/mol. The lowest BCUT2D eigenvalue weighted by molar-refractivity contribution is 0.0334. The average molecular weight is 300 g/mol. The molecule has 0 spiro atoms.